The number of pyridine rings is 1. The zero-order chi connectivity index (χ0) is 27.5. The van der Waals surface area contributed by atoms with Gasteiger partial charge in [0.25, 0.3) is 22.3 Å². The van der Waals surface area contributed by atoms with Crippen molar-refractivity contribution in [2.45, 2.75) is 26.2 Å². The number of hydrogen-bond donors (Lipinski definition) is 1. The smallest absolute Gasteiger partial charge is 0.364 e. The maximum atomic E-state index is 12.8. The van der Waals surface area contributed by atoms with E-state index in [0.29, 0.717) is 39.9 Å². The number of benzene rings is 2. The van der Waals surface area contributed by atoms with Gasteiger partial charge in [0.2, 0.25) is 11.0 Å². The molecule has 1 aromatic heterocycles. The number of carboxylic acid groups (broad SMARTS) is 1. The number of hydroxylamine groups is 2. The number of hydrogen-bond acceptors (Lipinski definition) is 9. The summed E-state index contributed by atoms with van der Waals surface area (Å²) in [6.07, 6.45) is 0.629. The van der Waals surface area contributed by atoms with Gasteiger partial charge < -0.3 is 19.2 Å². The number of para-hydroxylation sites is 1. The molecule has 3 aromatic rings. The summed E-state index contributed by atoms with van der Waals surface area (Å²) in [6.45, 7) is 2.20. The normalized spacial score (nSPS) is 13.5. The van der Waals surface area contributed by atoms with Gasteiger partial charge in [0, 0.05) is 25.0 Å². The first-order chi connectivity index (χ1) is 17.3. The van der Waals surface area contributed by atoms with Crippen LogP contribution in [0.2, 0.25) is 0 Å². The predicted octanol–water partition coefficient (Wildman–Crippen LogP) is 1.94. The lowest BCUT2D eigenvalue weighted by atomic mass is 9.99. The summed E-state index contributed by atoms with van der Waals surface area (Å²) in [5.74, 6) is -3.01. The van der Waals surface area contributed by atoms with Crippen molar-refractivity contribution < 1.29 is 55.3 Å². The van der Waals surface area contributed by atoms with Gasteiger partial charge in [-0.1, -0.05) is 19.1 Å². The molecule has 1 N–H and O–H groups in total. The molecule has 37 heavy (non-hydrogen) atoms. The predicted molar refractivity (Wildman–Crippen MR) is 123 cm³/mol. The van der Waals surface area contributed by atoms with E-state index in [-0.39, 0.29) is 29.7 Å². The zero-order valence-corrected chi connectivity index (χ0v) is 20.4. The summed E-state index contributed by atoms with van der Waals surface area (Å²) in [7, 11) is -3.66. The number of nitrogens with zero attached hydrogens (tertiary/aromatic N) is 2. The number of aromatic carboxylic acids is 1. The average molecular weight is 536 g/mol. The van der Waals surface area contributed by atoms with Crippen molar-refractivity contribution in [3.05, 3.63) is 47.5 Å². The molecule has 2 aromatic carbocycles. The molecule has 2 heterocycles. The molecule has 14 heteroatoms. The minimum Gasteiger partial charge on any atom is -0.722 e. The van der Waals surface area contributed by atoms with E-state index >= 15 is 0 Å². The highest BCUT2D eigenvalue weighted by Crippen LogP contribution is 2.34. The molecule has 12 nitrogen and oxygen atoms in total. The van der Waals surface area contributed by atoms with Crippen LogP contribution >= 0.6 is 0 Å². The number of rotatable bonds is 6. The van der Waals surface area contributed by atoms with Gasteiger partial charge in [0.1, 0.15) is 18.2 Å². The number of carboxylic acids is 1. The van der Waals surface area contributed by atoms with E-state index in [1.165, 1.54) is 12.1 Å². The van der Waals surface area contributed by atoms with E-state index in [1.807, 2.05) is 6.92 Å². The molecule has 1 aliphatic heterocycles. The SMILES string of the molecule is CCCOc1cc(C(=O)ON2C(=O)CCC2=O)cc2c1c(C(=O)O)c1ccccc1[n+]2C.O=S(=O)([O-])F. The fourth-order valence-electron chi connectivity index (χ4n) is 3.82. The van der Waals surface area contributed by atoms with Gasteiger partial charge >= 0.3 is 11.9 Å². The van der Waals surface area contributed by atoms with E-state index in [1.54, 1.807) is 35.9 Å². The van der Waals surface area contributed by atoms with Crippen LogP contribution in [-0.4, -0.2) is 53.5 Å². The van der Waals surface area contributed by atoms with Crippen molar-refractivity contribution in [2.75, 3.05) is 6.61 Å². The van der Waals surface area contributed by atoms with Crippen LogP contribution < -0.4 is 9.30 Å². The summed E-state index contributed by atoms with van der Waals surface area (Å²) in [6, 6.07) is 9.89. The number of carbonyl (C=O) groups excluding carboxylic acids is 3. The lowest BCUT2D eigenvalue weighted by molar-refractivity contribution is -0.617. The number of carbonyl (C=O) groups is 4. The highest BCUT2D eigenvalue weighted by molar-refractivity contribution is 7.80. The van der Waals surface area contributed by atoms with E-state index in [4.69, 9.17) is 22.5 Å². The molecule has 4 rings (SSSR count). The molecule has 1 aliphatic rings. The number of aryl methyl sites for hydroxylation is 1. The summed E-state index contributed by atoms with van der Waals surface area (Å²) in [5, 5.41) is 11.4. The average Bonchev–Trinajstić information content (AvgIpc) is 3.13. The maximum absolute atomic E-state index is 12.8. The first-order valence-corrected chi connectivity index (χ1v) is 12.1. The van der Waals surface area contributed by atoms with Crippen LogP contribution in [0.1, 0.15) is 46.9 Å². The van der Waals surface area contributed by atoms with Crippen LogP contribution in [0.4, 0.5) is 3.89 Å². The molecule has 2 amide bonds. The molecule has 196 valence electrons. The van der Waals surface area contributed by atoms with Crippen LogP contribution in [0.3, 0.4) is 0 Å². The van der Waals surface area contributed by atoms with Crippen molar-refractivity contribution in [1.29, 1.82) is 0 Å². The van der Waals surface area contributed by atoms with Gasteiger partial charge in [-0.15, -0.1) is 8.95 Å². The van der Waals surface area contributed by atoms with Gasteiger partial charge in [0.15, 0.2) is 0 Å². The third kappa shape index (κ3) is 6.16. The Morgan fingerprint density at radius 2 is 1.73 bits per heavy atom. The Bertz CT molecular complexity index is 1510. The van der Waals surface area contributed by atoms with Crippen molar-refractivity contribution in [2.24, 2.45) is 7.05 Å². The van der Waals surface area contributed by atoms with Gasteiger partial charge in [0.05, 0.1) is 23.1 Å². The van der Waals surface area contributed by atoms with Gasteiger partial charge in [-0.2, -0.15) is 4.57 Å². The summed E-state index contributed by atoms with van der Waals surface area (Å²) in [4.78, 5) is 53.8. The molecular weight excluding hydrogens is 515 g/mol. The molecule has 0 radical (unpaired) electrons. The summed E-state index contributed by atoms with van der Waals surface area (Å²) < 4.78 is 42.9. The third-order valence-corrected chi connectivity index (χ3v) is 5.32. The molecule has 0 atom stereocenters. The zero-order valence-electron chi connectivity index (χ0n) is 19.6. The molecule has 0 saturated carbocycles. The lowest BCUT2D eigenvalue weighted by Crippen LogP contribution is -2.33. The molecule has 1 saturated heterocycles. The number of ether oxygens (including phenoxy) is 1. The number of aromatic nitrogens is 1. The fraction of sp³-hybridized carbons (Fsp3) is 0.261. The minimum absolute atomic E-state index is 0.0163. The second-order valence-electron chi connectivity index (χ2n) is 7.83. The standard InChI is InChI=1S/C23H20N2O7.FHO3S/c1-3-10-31-17-12-13(23(30)32-25-18(26)8-9-19(25)27)11-16-21(17)20(22(28)29)14-6-4-5-7-15(14)24(16)2;1-5(2,3)4/h4-7,11-12H,3,8-10H2,1-2H3;(H,2,3,4). The number of fused-ring (bicyclic) bond motifs is 2. The van der Waals surface area contributed by atoms with Gasteiger partial charge in [-0.25, -0.2) is 18.0 Å². The van der Waals surface area contributed by atoms with Crippen LogP contribution in [0.5, 0.6) is 5.75 Å². The second-order valence-corrected chi connectivity index (χ2v) is 8.61. The highest BCUT2D eigenvalue weighted by atomic mass is 32.3. The highest BCUT2D eigenvalue weighted by Gasteiger charge is 2.34. The quantitative estimate of drug-likeness (QED) is 0.161. The van der Waals surface area contributed by atoms with Crippen molar-refractivity contribution >= 4 is 56.1 Å². The number of halogens is 1. The Balaban J connectivity index is 0.000000695. The molecule has 0 spiro atoms. The van der Waals surface area contributed by atoms with Gasteiger partial charge in [-0.3, -0.25) is 9.59 Å². The van der Waals surface area contributed by atoms with E-state index < -0.39 is 34.3 Å². The Hall–Kier alpha value is -4.17. The van der Waals surface area contributed by atoms with Crippen molar-refractivity contribution in [3.8, 4) is 5.75 Å². The fourth-order valence-corrected chi connectivity index (χ4v) is 3.82. The van der Waals surface area contributed by atoms with Crippen LogP contribution in [0, 0.1) is 0 Å². The lowest BCUT2D eigenvalue weighted by Gasteiger charge is -2.15. The minimum atomic E-state index is -5.42. The monoisotopic (exact) mass is 536 g/mol. The van der Waals surface area contributed by atoms with Crippen molar-refractivity contribution in [3.63, 3.8) is 0 Å². The van der Waals surface area contributed by atoms with E-state index in [2.05, 4.69) is 0 Å². The van der Waals surface area contributed by atoms with Crippen LogP contribution in [0.15, 0.2) is 36.4 Å². The van der Waals surface area contributed by atoms with Crippen molar-refractivity contribution in [1.82, 2.24) is 5.06 Å². The summed E-state index contributed by atoms with van der Waals surface area (Å²) in [5.41, 5.74) is 1.16. The Morgan fingerprint density at radius 3 is 2.30 bits per heavy atom. The molecule has 0 unspecified atom stereocenters. The van der Waals surface area contributed by atoms with E-state index in [9.17, 15) is 28.2 Å². The first-order valence-electron chi connectivity index (χ1n) is 10.8. The Kier molecular flexibility index (Phi) is 8.03. The number of imide groups is 1. The largest absolute Gasteiger partial charge is 0.722 e. The van der Waals surface area contributed by atoms with Crippen LogP contribution in [0.25, 0.3) is 21.8 Å². The van der Waals surface area contributed by atoms with Crippen LogP contribution in [-0.2, 0) is 32.0 Å². The Labute approximate surface area is 209 Å². The second kappa shape index (κ2) is 10.8. The number of amides is 2. The summed E-state index contributed by atoms with van der Waals surface area (Å²) >= 11 is 0. The van der Waals surface area contributed by atoms with E-state index in [0.717, 1.165) is 0 Å². The molecule has 1 fully saturated rings. The maximum Gasteiger partial charge on any atom is 0.364 e. The Morgan fingerprint density at radius 1 is 1.14 bits per heavy atom. The van der Waals surface area contributed by atoms with Gasteiger partial charge in [-0.05, 0) is 18.6 Å². The third-order valence-electron chi connectivity index (χ3n) is 5.32. The molecule has 0 bridgehead atoms. The molecule has 0 aliphatic carbocycles. The first kappa shape index (κ1) is 27.4. The molecular formula is C23H21FN2O10S. The topological polar surface area (TPSA) is 171 Å².